The summed E-state index contributed by atoms with van der Waals surface area (Å²) in [4.78, 5) is 0. The molecule has 2 atom stereocenters. The molecule has 0 amide bonds. The summed E-state index contributed by atoms with van der Waals surface area (Å²) in [5, 5.41) is 15.2. The summed E-state index contributed by atoms with van der Waals surface area (Å²) in [7, 11) is 0. The number of hydrogen-bond donors (Lipinski definition) is 1. The van der Waals surface area contributed by atoms with Gasteiger partial charge in [-0.1, -0.05) is 18.5 Å². The highest BCUT2D eigenvalue weighted by Gasteiger charge is 2.11. The fourth-order valence-corrected chi connectivity index (χ4v) is 2.07. The third kappa shape index (κ3) is 4.76. The Bertz CT molecular complexity index is 554. The molecule has 0 aliphatic rings. The minimum absolute atomic E-state index is 0.234. The summed E-state index contributed by atoms with van der Waals surface area (Å²) < 4.78 is 7.46. The van der Waals surface area contributed by atoms with Gasteiger partial charge >= 0.3 is 0 Å². The Labute approximate surface area is 130 Å². The van der Waals surface area contributed by atoms with Crippen LogP contribution in [0.1, 0.15) is 32.0 Å². The van der Waals surface area contributed by atoms with Crippen molar-refractivity contribution in [3.8, 4) is 5.75 Å². The fraction of sp³-hybridized carbons (Fsp3) is 0.438. The number of aliphatic hydroxyl groups excluding tert-OH is 1. The summed E-state index contributed by atoms with van der Waals surface area (Å²) in [6, 6.07) is 9.41. The van der Waals surface area contributed by atoms with Crippen LogP contribution in [0, 0.1) is 0 Å². The Kier molecular flexibility index (Phi) is 5.65. The molecule has 0 aliphatic heterocycles. The van der Waals surface area contributed by atoms with Gasteiger partial charge < -0.3 is 9.84 Å². The summed E-state index contributed by atoms with van der Waals surface area (Å²) >= 11 is 5.81. The SMILES string of the molecule is CCC(C)n1ccc(CC(O)COc2ccc(Cl)cc2)n1. The van der Waals surface area contributed by atoms with Gasteiger partial charge in [0.25, 0.3) is 0 Å². The lowest BCUT2D eigenvalue weighted by atomic mass is 10.2. The second kappa shape index (κ2) is 7.48. The fourth-order valence-electron chi connectivity index (χ4n) is 1.94. The monoisotopic (exact) mass is 308 g/mol. The van der Waals surface area contributed by atoms with E-state index in [0.717, 1.165) is 12.1 Å². The Morgan fingerprint density at radius 3 is 2.67 bits per heavy atom. The number of hydrogen-bond acceptors (Lipinski definition) is 3. The van der Waals surface area contributed by atoms with Crippen molar-refractivity contribution in [1.29, 1.82) is 0 Å². The lowest BCUT2D eigenvalue weighted by Crippen LogP contribution is -2.20. The highest BCUT2D eigenvalue weighted by atomic mass is 35.5. The molecule has 0 spiro atoms. The van der Waals surface area contributed by atoms with E-state index in [1.807, 2.05) is 16.9 Å². The van der Waals surface area contributed by atoms with E-state index in [1.165, 1.54) is 0 Å². The minimum atomic E-state index is -0.582. The molecule has 0 saturated heterocycles. The summed E-state index contributed by atoms with van der Waals surface area (Å²) in [5.41, 5.74) is 0.877. The van der Waals surface area contributed by atoms with E-state index in [-0.39, 0.29) is 6.61 Å². The highest BCUT2D eigenvalue weighted by molar-refractivity contribution is 6.30. The third-order valence-corrected chi connectivity index (χ3v) is 3.66. The van der Waals surface area contributed by atoms with Gasteiger partial charge in [0.05, 0.1) is 11.8 Å². The number of ether oxygens (including phenoxy) is 1. The largest absolute Gasteiger partial charge is 0.491 e. The zero-order valence-corrected chi connectivity index (χ0v) is 13.1. The van der Waals surface area contributed by atoms with E-state index in [1.54, 1.807) is 24.3 Å². The first-order chi connectivity index (χ1) is 10.1. The molecule has 2 aromatic rings. The van der Waals surface area contributed by atoms with Crippen molar-refractivity contribution in [3.05, 3.63) is 47.2 Å². The molecular formula is C16H21ClN2O2. The molecule has 0 saturated carbocycles. The molecule has 2 rings (SSSR count). The molecule has 1 heterocycles. The molecule has 1 N–H and O–H groups in total. The molecule has 2 unspecified atom stereocenters. The van der Waals surface area contributed by atoms with Crippen LogP contribution in [-0.2, 0) is 6.42 Å². The van der Waals surface area contributed by atoms with E-state index >= 15 is 0 Å². The molecule has 0 fully saturated rings. The van der Waals surface area contributed by atoms with Crippen LogP contribution in [0.15, 0.2) is 36.5 Å². The number of rotatable bonds is 7. The number of aromatic nitrogens is 2. The quantitative estimate of drug-likeness (QED) is 0.851. The number of halogens is 1. The molecular weight excluding hydrogens is 288 g/mol. The first-order valence-corrected chi connectivity index (χ1v) is 7.56. The van der Waals surface area contributed by atoms with E-state index < -0.39 is 6.10 Å². The topological polar surface area (TPSA) is 47.3 Å². The van der Waals surface area contributed by atoms with Gasteiger partial charge in [-0.15, -0.1) is 0 Å². The zero-order valence-electron chi connectivity index (χ0n) is 12.4. The molecule has 0 bridgehead atoms. The van der Waals surface area contributed by atoms with Crippen LogP contribution >= 0.6 is 11.6 Å². The molecule has 114 valence electrons. The third-order valence-electron chi connectivity index (χ3n) is 3.41. The van der Waals surface area contributed by atoms with Crippen molar-refractivity contribution in [2.24, 2.45) is 0 Å². The first-order valence-electron chi connectivity index (χ1n) is 7.19. The predicted molar refractivity (Wildman–Crippen MR) is 83.9 cm³/mol. The van der Waals surface area contributed by atoms with Crippen molar-refractivity contribution in [2.45, 2.75) is 38.8 Å². The van der Waals surface area contributed by atoms with E-state index in [2.05, 4.69) is 18.9 Å². The van der Waals surface area contributed by atoms with Gasteiger partial charge in [-0.3, -0.25) is 4.68 Å². The van der Waals surface area contributed by atoms with Crippen LogP contribution < -0.4 is 4.74 Å². The Balaban J connectivity index is 1.82. The van der Waals surface area contributed by atoms with Crippen molar-refractivity contribution in [2.75, 3.05) is 6.61 Å². The normalized spacial score (nSPS) is 13.9. The molecule has 0 radical (unpaired) electrons. The molecule has 4 nitrogen and oxygen atoms in total. The van der Waals surface area contributed by atoms with Crippen LogP contribution in [0.3, 0.4) is 0 Å². The summed E-state index contributed by atoms with van der Waals surface area (Å²) in [6.07, 6.45) is 2.89. The van der Waals surface area contributed by atoms with Crippen molar-refractivity contribution in [1.82, 2.24) is 9.78 Å². The van der Waals surface area contributed by atoms with Gasteiger partial charge in [-0.25, -0.2) is 0 Å². The molecule has 21 heavy (non-hydrogen) atoms. The average molecular weight is 309 g/mol. The molecule has 1 aromatic heterocycles. The zero-order chi connectivity index (χ0) is 15.2. The van der Waals surface area contributed by atoms with Gasteiger partial charge in [-0.2, -0.15) is 5.10 Å². The standard InChI is InChI=1S/C16H21ClN2O2/c1-3-12(2)19-9-8-14(18-19)10-15(20)11-21-16-6-4-13(17)5-7-16/h4-9,12,15,20H,3,10-11H2,1-2H3. The van der Waals surface area contributed by atoms with Gasteiger partial charge in [0.15, 0.2) is 0 Å². The van der Waals surface area contributed by atoms with Crippen molar-refractivity contribution < 1.29 is 9.84 Å². The number of benzene rings is 1. The number of aliphatic hydroxyl groups is 1. The maximum absolute atomic E-state index is 10.0. The molecule has 5 heteroatoms. The smallest absolute Gasteiger partial charge is 0.119 e. The Morgan fingerprint density at radius 1 is 1.29 bits per heavy atom. The lowest BCUT2D eigenvalue weighted by molar-refractivity contribution is 0.107. The molecule has 1 aromatic carbocycles. The van der Waals surface area contributed by atoms with E-state index in [9.17, 15) is 5.11 Å². The lowest BCUT2D eigenvalue weighted by Gasteiger charge is -2.12. The summed E-state index contributed by atoms with van der Waals surface area (Å²) in [5.74, 6) is 0.698. The van der Waals surface area contributed by atoms with Crippen LogP contribution in [0.5, 0.6) is 5.75 Å². The van der Waals surface area contributed by atoms with Crippen molar-refractivity contribution >= 4 is 11.6 Å². The van der Waals surface area contributed by atoms with E-state index in [0.29, 0.717) is 23.2 Å². The predicted octanol–water partition coefficient (Wildman–Crippen LogP) is 3.49. The van der Waals surface area contributed by atoms with Crippen LogP contribution in [0.4, 0.5) is 0 Å². The maximum Gasteiger partial charge on any atom is 0.119 e. The number of nitrogens with zero attached hydrogens (tertiary/aromatic N) is 2. The van der Waals surface area contributed by atoms with E-state index in [4.69, 9.17) is 16.3 Å². The Morgan fingerprint density at radius 2 is 2.00 bits per heavy atom. The van der Waals surface area contributed by atoms with Gasteiger partial charge in [0, 0.05) is 23.7 Å². The van der Waals surface area contributed by atoms with Crippen LogP contribution in [0.25, 0.3) is 0 Å². The molecule has 0 aliphatic carbocycles. The van der Waals surface area contributed by atoms with Gasteiger partial charge in [0.2, 0.25) is 0 Å². The maximum atomic E-state index is 10.0. The second-order valence-electron chi connectivity index (χ2n) is 5.17. The van der Waals surface area contributed by atoms with Crippen LogP contribution in [-0.4, -0.2) is 27.6 Å². The van der Waals surface area contributed by atoms with Gasteiger partial charge in [0.1, 0.15) is 12.4 Å². The van der Waals surface area contributed by atoms with Crippen molar-refractivity contribution in [3.63, 3.8) is 0 Å². The first kappa shape index (κ1) is 15.9. The average Bonchev–Trinajstić information content (AvgIpc) is 2.94. The minimum Gasteiger partial charge on any atom is -0.491 e. The highest BCUT2D eigenvalue weighted by Crippen LogP contribution is 2.16. The second-order valence-corrected chi connectivity index (χ2v) is 5.60. The summed E-state index contributed by atoms with van der Waals surface area (Å²) in [6.45, 7) is 4.48. The van der Waals surface area contributed by atoms with Gasteiger partial charge in [-0.05, 0) is 43.7 Å². The van der Waals surface area contributed by atoms with Crippen LogP contribution in [0.2, 0.25) is 5.02 Å². The Hall–Kier alpha value is -1.52.